The number of carboxylic acids is 1. The van der Waals surface area contributed by atoms with Crippen LogP contribution >= 0.6 is 0 Å². The van der Waals surface area contributed by atoms with Gasteiger partial charge >= 0.3 is 12.0 Å². The fourth-order valence-electron chi connectivity index (χ4n) is 1.40. The number of aryl methyl sites for hydroxylation is 1. The van der Waals surface area contributed by atoms with Gasteiger partial charge in [0, 0.05) is 19.2 Å². The minimum Gasteiger partial charge on any atom is -0.480 e. The van der Waals surface area contributed by atoms with E-state index in [1.54, 1.807) is 10.9 Å². The van der Waals surface area contributed by atoms with Crippen LogP contribution in [0.5, 0.6) is 0 Å². The topological polar surface area (TPSA) is 96.3 Å². The molecule has 2 amide bonds. The molecule has 0 aliphatic carbocycles. The fourth-order valence-corrected chi connectivity index (χ4v) is 1.40. The number of nitrogens with zero attached hydrogens (tertiary/aromatic N) is 2. The normalized spacial score (nSPS) is 11.4. The molecule has 0 aliphatic rings. The minimum absolute atomic E-state index is 0.0545. The highest BCUT2D eigenvalue weighted by Gasteiger charge is 2.18. The van der Waals surface area contributed by atoms with Crippen molar-refractivity contribution in [3.8, 4) is 12.3 Å². The van der Waals surface area contributed by atoms with Crippen molar-refractivity contribution in [3.05, 3.63) is 18.0 Å². The van der Waals surface area contributed by atoms with E-state index >= 15 is 0 Å². The Morgan fingerprint density at radius 2 is 2.37 bits per heavy atom. The van der Waals surface area contributed by atoms with Gasteiger partial charge in [-0.15, -0.1) is 12.3 Å². The summed E-state index contributed by atoms with van der Waals surface area (Å²) in [6.45, 7) is 2.77. The minimum atomic E-state index is -1.16. The summed E-state index contributed by atoms with van der Waals surface area (Å²) in [6, 6.07) is -1.64. The molecule has 7 heteroatoms. The maximum Gasteiger partial charge on any atom is 0.327 e. The van der Waals surface area contributed by atoms with E-state index in [4.69, 9.17) is 11.5 Å². The molecule has 102 valence electrons. The number of carboxylic acid groups (broad SMARTS) is 1. The molecule has 1 aromatic heterocycles. The highest BCUT2D eigenvalue weighted by atomic mass is 16.4. The van der Waals surface area contributed by atoms with E-state index in [2.05, 4.69) is 21.7 Å². The van der Waals surface area contributed by atoms with Gasteiger partial charge in [-0.25, -0.2) is 9.59 Å². The Morgan fingerprint density at radius 3 is 2.89 bits per heavy atom. The summed E-state index contributed by atoms with van der Waals surface area (Å²) in [5.74, 6) is 1.05. The molecule has 7 nitrogen and oxygen atoms in total. The third-order valence-corrected chi connectivity index (χ3v) is 2.31. The summed E-state index contributed by atoms with van der Waals surface area (Å²) < 4.78 is 1.69. The molecule has 0 bridgehead atoms. The van der Waals surface area contributed by atoms with E-state index in [1.807, 2.05) is 13.1 Å². The number of amides is 2. The Bertz CT molecular complexity index is 489. The lowest BCUT2D eigenvalue weighted by atomic mass is 10.2. The van der Waals surface area contributed by atoms with Crippen LogP contribution in [-0.2, 0) is 11.3 Å². The molecule has 0 spiro atoms. The quantitative estimate of drug-likeness (QED) is 0.628. The number of rotatable bonds is 6. The summed E-state index contributed by atoms with van der Waals surface area (Å²) in [6.07, 6.45) is 8.53. The van der Waals surface area contributed by atoms with Crippen molar-refractivity contribution >= 4 is 12.0 Å². The van der Waals surface area contributed by atoms with Crippen LogP contribution in [-0.4, -0.2) is 39.5 Å². The van der Waals surface area contributed by atoms with Crippen LogP contribution in [0, 0.1) is 19.3 Å². The summed E-state index contributed by atoms with van der Waals surface area (Å²) in [7, 11) is 0. The number of carbonyl (C=O) groups is 2. The molecule has 0 saturated carbocycles. The van der Waals surface area contributed by atoms with Crippen LogP contribution in [0.1, 0.15) is 12.0 Å². The van der Waals surface area contributed by atoms with Gasteiger partial charge in [-0.2, -0.15) is 5.10 Å². The van der Waals surface area contributed by atoms with Gasteiger partial charge in [0.05, 0.1) is 12.7 Å². The number of terminal acetylenes is 1. The van der Waals surface area contributed by atoms with Crippen molar-refractivity contribution in [1.29, 1.82) is 0 Å². The smallest absolute Gasteiger partial charge is 0.327 e. The zero-order valence-corrected chi connectivity index (χ0v) is 10.6. The molecule has 0 radical (unpaired) electrons. The largest absolute Gasteiger partial charge is 0.480 e. The number of aliphatic carboxylic acids is 1. The zero-order chi connectivity index (χ0) is 14.3. The van der Waals surface area contributed by atoms with E-state index in [-0.39, 0.29) is 6.42 Å². The van der Waals surface area contributed by atoms with Crippen molar-refractivity contribution in [2.24, 2.45) is 0 Å². The van der Waals surface area contributed by atoms with Gasteiger partial charge in [-0.1, -0.05) is 0 Å². The first-order valence-corrected chi connectivity index (χ1v) is 5.72. The first-order chi connectivity index (χ1) is 9.02. The van der Waals surface area contributed by atoms with Crippen molar-refractivity contribution in [2.45, 2.75) is 25.9 Å². The number of hydrogen-bond acceptors (Lipinski definition) is 3. The van der Waals surface area contributed by atoms with Gasteiger partial charge in [0.1, 0.15) is 6.04 Å². The van der Waals surface area contributed by atoms with Crippen LogP contribution in [0.25, 0.3) is 0 Å². The Morgan fingerprint density at radius 1 is 1.63 bits per heavy atom. The molecule has 0 saturated heterocycles. The summed E-state index contributed by atoms with van der Waals surface area (Å²) >= 11 is 0. The summed E-state index contributed by atoms with van der Waals surface area (Å²) in [5.41, 5.74) is 1.03. The Labute approximate surface area is 111 Å². The number of aromatic nitrogens is 2. The molecule has 1 rings (SSSR count). The first kappa shape index (κ1) is 14.6. The summed E-state index contributed by atoms with van der Waals surface area (Å²) in [5, 5.41) is 17.7. The molecule has 1 heterocycles. The van der Waals surface area contributed by atoms with Crippen LogP contribution in [0.3, 0.4) is 0 Å². The van der Waals surface area contributed by atoms with Crippen molar-refractivity contribution in [1.82, 2.24) is 20.4 Å². The molecule has 3 N–H and O–H groups in total. The third kappa shape index (κ3) is 5.12. The van der Waals surface area contributed by atoms with Gasteiger partial charge in [0.25, 0.3) is 0 Å². The van der Waals surface area contributed by atoms with Gasteiger partial charge < -0.3 is 15.7 Å². The zero-order valence-electron chi connectivity index (χ0n) is 10.6. The highest BCUT2D eigenvalue weighted by Crippen LogP contribution is 1.93. The average Bonchev–Trinajstić information content (AvgIpc) is 2.74. The number of nitrogens with one attached hydrogen (secondary N) is 2. The number of carbonyl (C=O) groups excluding carboxylic acids is 1. The predicted molar refractivity (Wildman–Crippen MR) is 68.4 cm³/mol. The second-order valence-electron chi connectivity index (χ2n) is 3.98. The van der Waals surface area contributed by atoms with E-state index < -0.39 is 18.0 Å². The molecular formula is C12H16N4O3. The lowest BCUT2D eigenvalue weighted by molar-refractivity contribution is -0.139. The highest BCUT2D eigenvalue weighted by molar-refractivity contribution is 5.82. The second-order valence-corrected chi connectivity index (χ2v) is 3.98. The van der Waals surface area contributed by atoms with Crippen LogP contribution in [0.4, 0.5) is 4.79 Å². The maximum atomic E-state index is 11.4. The molecule has 0 aromatic carbocycles. The summed E-state index contributed by atoms with van der Waals surface area (Å²) in [4.78, 5) is 22.2. The van der Waals surface area contributed by atoms with E-state index in [1.165, 1.54) is 0 Å². The Balaban J connectivity index is 2.31. The van der Waals surface area contributed by atoms with E-state index in [0.29, 0.717) is 13.1 Å². The maximum absolute atomic E-state index is 11.4. The predicted octanol–water partition coefficient (Wildman–Crippen LogP) is -0.0328. The molecule has 1 atom stereocenters. The lowest BCUT2D eigenvalue weighted by Gasteiger charge is -2.12. The third-order valence-electron chi connectivity index (χ3n) is 2.31. The number of urea groups is 1. The molecule has 0 fully saturated rings. The lowest BCUT2D eigenvalue weighted by Crippen LogP contribution is -2.46. The fraction of sp³-hybridized carbons (Fsp3) is 0.417. The van der Waals surface area contributed by atoms with Gasteiger partial charge in [0.15, 0.2) is 0 Å². The van der Waals surface area contributed by atoms with Crippen LogP contribution < -0.4 is 10.6 Å². The van der Waals surface area contributed by atoms with Crippen LogP contribution in [0.15, 0.2) is 12.4 Å². The Kier molecular flexibility index (Phi) is 5.41. The second kappa shape index (κ2) is 7.06. The average molecular weight is 264 g/mol. The molecular weight excluding hydrogens is 248 g/mol. The molecule has 1 aromatic rings. The van der Waals surface area contributed by atoms with Crippen molar-refractivity contribution < 1.29 is 14.7 Å². The van der Waals surface area contributed by atoms with Gasteiger partial charge in [0.2, 0.25) is 0 Å². The SMILES string of the molecule is C#CCC(NC(=O)NCCn1cc(C)cn1)C(=O)O. The van der Waals surface area contributed by atoms with Crippen molar-refractivity contribution in [3.63, 3.8) is 0 Å². The molecule has 1 unspecified atom stereocenters. The van der Waals surface area contributed by atoms with Crippen LogP contribution in [0.2, 0.25) is 0 Å². The molecule has 0 aliphatic heterocycles. The monoisotopic (exact) mass is 264 g/mol. The van der Waals surface area contributed by atoms with E-state index in [0.717, 1.165) is 5.56 Å². The standard InChI is InChI=1S/C12H16N4O3/c1-3-4-10(11(17)18)15-12(19)13-5-6-16-8-9(2)7-14-16/h1,7-8,10H,4-6H2,2H3,(H,17,18)(H2,13,15,19). The van der Waals surface area contributed by atoms with E-state index in [9.17, 15) is 9.59 Å². The van der Waals surface area contributed by atoms with Gasteiger partial charge in [-0.05, 0) is 12.5 Å². The first-order valence-electron chi connectivity index (χ1n) is 5.72. The molecule has 19 heavy (non-hydrogen) atoms. The number of hydrogen-bond donors (Lipinski definition) is 3. The van der Waals surface area contributed by atoms with Gasteiger partial charge in [-0.3, -0.25) is 4.68 Å². The Hall–Kier alpha value is -2.49. The van der Waals surface area contributed by atoms with Crippen molar-refractivity contribution in [2.75, 3.05) is 6.54 Å².